The molecule has 6 rings (SSSR count). The van der Waals surface area contributed by atoms with Crippen molar-refractivity contribution < 1.29 is 24.5 Å². The molecule has 1 aliphatic heterocycles. The number of rotatable bonds is 2. The van der Waals surface area contributed by atoms with Crippen LogP contribution in [0.25, 0.3) is 0 Å². The first-order valence-corrected chi connectivity index (χ1v) is 19.0. The Hall–Kier alpha value is -2.26. The van der Waals surface area contributed by atoms with Gasteiger partial charge in [-0.25, -0.2) is 9.59 Å². The molecule has 6 aliphatic rings. The standard InChI is InChI=1S/C42H63NO5/c1-26(2)28-14-21-42(20-13-27-17-24-43(25-29(27)35(45)46)36(47)48-37(3,4)5)23-22-40(9)30(34(28)42)11-12-32-39(8)18-16-33(44)38(6,7)31(39)15-19-41(32,40)10/h28,30-34,44H,1,11-12,14-19,21-25H2,2-10H3,(H,45,46)/t28-,30?,31?,32?,33-,34?,39?,40+,41?,42?/m0/s1. The van der Waals surface area contributed by atoms with Gasteiger partial charge in [-0.3, -0.25) is 0 Å². The minimum atomic E-state index is -1.00. The highest BCUT2D eigenvalue weighted by atomic mass is 16.6. The Kier molecular flexibility index (Phi) is 8.63. The quantitative estimate of drug-likeness (QED) is 0.228. The van der Waals surface area contributed by atoms with E-state index in [0.29, 0.717) is 48.1 Å². The van der Waals surface area contributed by atoms with Gasteiger partial charge < -0.3 is 19.8 Å². The zero-order chi connectivity index (χ0) is 35.2. The van der Waals surface area contributed by atoms with Crippen LogP contribution in [0.4, 0.5) is 4.79 Å². The number of carbonyl (C=O) groups is 2. The lowest BCUT2D eigenvalue weighted by Gasteiger charge is -2.72. The summed E-state index contributed by atoms with van der Waals surface area (Å²) in [6, 6.07) is 0. The third-order valence-electron chi connectivity index (χ3n) is 15.8. The zero-order valence-corrected chi connectivity index (χ0v) is 31.4. The third kappa shape index (κ3) is 5.30. The second-order valence-corrected chi connectivity index (χ2v) is 19.4. The van der Waals surface area contributed by atoms with Gasteiger partial charge in [-0.1, -0.05) is 58.6 Å². The summed E-state index contributed by atoms with van der Waals surface area (Å²) in [6.07, 6.45) is 11.0. The summed E-state index contributed by atoms with van der Waals surface area (Å²) in [5.74, 6) is 8.95. The number of carbonyl (C=O) groups excluding carboxylic acids is 1. The molecule has 0 aromatic rings. The van der Waals surface area contributed by atoms with Gasteiger partial charge in [0.05, 0.1) is 18.2 Å². The molecule has 266 valence electrons. The van der Waals surface area contributed by atoms with Gasteiger partial charge in [0.1, 0.15) is 5.60 Å². The lowest BCUT2D eigenvalue weighted by molar-refractivity contribution is -0.244. The van der Waals surface area contributed by atoms with Gasteiger partial charge >= 0.3 is 12.1 Å². The average molecular weight is 662 g/mol. The molecule has 0 radical (unpaired) electrons. The zero-order valence-electron chi connectivity index (χ0n) is 31.4. The summed E-state index contributed by atoms with van der Waals surface area (Å²) >= 11 is 0. The van der Waals surface area contributed by atoms with E-state index in [9.17, 15) is 19.8 Å². The summed E-state index contributed by atoms with van der Waals surface area (Å²) in [4.78, 5) is 26.8. The molecule has 7 unspecified atom stereocenters. The minimum absolute atomic E-state index is 0.0209. The maximum absolute atomic E-state index is 12.8. The number of allylic oxidation sites excluding steroid dienone is 1. The maximum atomic E-state index is 12.8. The number of hydrogen-bond donors (Lipinski definition) is 2. The number of carboxylic acid groups (broad SMARTS) is 1. The summed E-state index contributed by atoms with van der Waals surface area (Å²) in [7, 11) is 0. The smallest absolute Gasteiger partial charge is 0.410 e. The summed E-state index contributed by atoms with van der Waals surface area (Å²) in [5, 5.41) is 21.3. The molecule has 0 saturated heterocycles. The van der Waals surface area contributed by atoms with Crippen molar-refractivity contribution >= 4 is 12.1 Å². The molecule has 5 fully saturated rings. The van der Waals surface area contributed by atoms with E-state index >= 15 is 0 Å². The first-order valence-electron chi connectivity index (χ1n) is 19.0. The fraction of sp³-hybridized carbons (Fsp3) is 0.810. The molecule has 0 aromatic heterocycles. The summed E-state index contributed by atoms with van der Waals surface area (Å²) in [5.41, 5.74) is 2.01. The van der Waals surface area contributed by atoms with E-state index in [0.717, 1.165) is 38.5 Å². The highest BCUT2D eigenvalue weighted by molar-refractivity contribution is 5.90. The minimum Gasteiger partial charge on any atom is -0.478 e. The Morgan fingerprint density at radius 1 is 0.917 bits per heavy atom. The van der Waals surface area contributed by atoms with Crippen molar-refractivity contribution in [3.63, 3.8) is 0 Å². The lowest BCUT2D eigenvalue weighted by Crippen LogP contribution is -2.66. The predicted octanol–water partition coefficient (Wildman–Crippen LogP) is 9.03. The van der Waals surface area contributed by atoms with Crippen molar-refractivity contribution in [1.29, 1.82) is 0 Å². The van der Waals surface area contributed by atoms with Crippen LogP contribution < -0.4 is 0 Å². The Morgan fingerprint density at radius 3 is 2.27 bits per heavy atom. The van der Waals surface area contributed by atoms with Crippen LogP contribution in [0.5, 0.6) is 0 Å². The summed E-state index contributed by atoms with van der Waals surface area (Å²) < 4.78 is 5.56. The number of aliphatic hydroxyl groups is 1. The number of fused-ring (bicyclic) bond motifs is 7. The highest BCUT2D eigenvalue weighted by Gasteiger charge is 2.70. The van der Waals surface area contributed by atoms with E-state index in [1.165, 1.54) is 36.2 Å². The van der Waals surface area contributed by atoms with Crippen molar-refractivity contribution in [2.45, 2.75) is 145 Å². The van der Waals surface area contributed by atoms with E-state index in [1.807, 2.05) is 20.8 Å². The Bertz CT molecular complexity index is 1460. The fourth-order valence-electron chi connectivity index (χ4n) is 13.1. The monoisotopic (exact) mass is 661 g/mol. The second-order valence-electron chi connectivity index (χ2n) is 19.4. The van der Waals surface area contributed by atoms with Crippen LogP contribution in [0.15, 0.2) is 23.3 Å². The van der Waals surface area contributed by atoms with Crippen molar-refractivity contribution in [1.82, 2.24) is 4.90 Å². The average Bonchev–Trinajstić information content (AvgIpc) is 3.38. The maximum Gasteiger partial charge on any atom is 0.410 e. The van der Waals surface area contributed by atoms with Gasteiger partial charge in [-0.05, 0) is 150 Å². The van der Waals surface area contributed by atoms with E-state index in [4.69, 9.17) is 4.74 Å². The Morgan fingerprint density at radius 2 is 1.62 bits per heavy atom. The SMILES string of the molecule is C=C(C)[C@@H]1CCC2(C#CC3=C(C(=O)O)CN(C(=O)OC(C)(C)C)CC3)CC[C@]3(C)C(CCC4C5(C)CC[C@H](O)C(C)(C)C5CCC43C)C12. The number of amides is 1. The molecule has 2 N–H and O–H groups in total. The van der Waals surface area contributed by atoms with Crippen LogP contribution in [-0.4, -0.2) is 52.0 Å². The molecular weight excluding hydrogens is 598 g/mol. The first-order chi connectivity index (χ1) is 22.2. The van der Waals surface area contributed by atoms with Crippen LogP contribution in [0.1, 0.15) is 133 Å². The number of hydrogen-bond acceptors (Lipinski definition) is 4. The van der Waals surface area contributed by atoms with Crippen LogP contribution >= 0.6 is 0 Å². The molecule has 1 amide bonds. The van der Waals surface area contributed by atoms with Gasteiger partial charge in [0, 0.05) is 17.5 Å². The second kappa shape index (κ2) is 11.6. The predicted molar refractivity (Wildman–Crippen MR) is 190 cm³/mol. The first kappa shape index (κ1) is 35.6. The van der Waals surface area contributed by atoms with Gasteiger partial charge in [-0.2, -0.15) is 0 Å². The van der Waals surface area contributed by atoms with Crippen LogP contribution in [0.3, 0.4) is 0 Å². The number of ether oxygens (including phenoxy) is 1. The van der Waals surface area contributed by atoms with Gasteiger partial charge in [0.2, 0.25) is 0 Å². The fourth-order valence-corrected chi connectivity index (χ4v) is 13.1. The van der Waals surface area contributed by atoms with E-state index in [-0.39, 0.29) is 45.3 Å². The molecule has 48 heavy (non-hydrogen) atoms. The molecule has 0 bridgehead atoms. The normalized spacial score (nSPS) is 43.5. The molecule has 6 nitrogen and oxygen atoms in total. The summed E-state index contributed by atoms with van der Waals surface area (Å²) in [6.45, 7) is 25.2. The molecule has 1 heterocycles. The topological polar surface area (TPSA) is 87.1 Å². The Balaban J connectivity index is 1.33. The molecule has 5 saturated carbocycles. The Labute approximate surface area is 290 Å². The van der Waals surface area contributed by atoms with Crippen LogP contribution in [-0.2, 0) is 9.53 Å². The molecule has 0 spiro atoms. The van der Waals surface area contributed by atoms with Crippen molar-refractivity contribution in [3.05, 3.63) is 23.3 Å². The van der Waals surface area contributed by atoms with E-state index < -0.39 is 17.7 Å². The van der Waals surface area contributed by atoms with E-state index in [2.05, 4.69) is 60.0 Å². The number of aliphatic hydroxyl groups excluding tert-OH is 1. The lowest BCUT2D eigenvalue weighted by atomic mass is 9.32. The number of nitrogens with zero attached hydrogens (tertiary/aromatic N) is 1. The molecule has 0 aromatic carbocycles. The molecular formula is C42H63NO5. The molecule has 5 aliphatic carbocycles. The largest absolute Gasteiger partial charge is 0.478 e. The third-order valence-corrected chi connectivity index (χ3v) is 15.8. The van der Waals surface area contributed by atoms with Crippen molar-refractivity contribution in [2.24, 2.45) is 56.7 Å². The van der Waals surface area contributed by atoms with Crippen LogP contribution in [0, 0.1) is 68.5 Å². The molecule has 6 heteroatoms. The number of aliphatic carboxylic acids is 1. The van der Waals surface area contributed by atoms with E-state index in [1.54, 1.807) is 0 Å². The number of carboxylic acids is 1. The van der Waals surface area contributed by atoms with Gasteiger partial charge in [0.25, 0.3) is 0 Å². The highest BCUT2D eigenvalue weighted by Crippen LogP contribution is 2.77. The van der Waals surface area contributed by atoms with Crippen molar-refractivity contribution in [2.75, 3.05) is 13.1 Å². The van der Waals surface area contributed by atoms with Gasteiger partial charge in [-0.15, -0.1) is 0 Å². The molecule has 10 atom stereocenters. The van der Waals surface area contributed by atoms with Crippen LogP contribution in [0.2, 0.25) is 0 Å². The van der Waals surface area contributed by atoms with Crippen molar-refractivity contribution in [3.8, 4) is 11.8 Å². The van der Waals surface area contributed by atoms with Gasteiger partial charge in [0.15, 0.2) is 0 Å².